The molecule has 1 aromatic carbocycles. The number of carbonyl (C=O) groups excluding carboxylic acids is 1. The molecule has 3 aromatic rings. The maximum Gasteiger partial charge on any atom is 0.239 e. The van der Waals surface area contributed by atoms with Crippen LogP contribution in [0.15, 0.2) is 41.1 Å². The second kappa shape index (κ2) is 6.26. The summed E-state index contributed by atoms with van der Waals surface area (Å²) in [6.07, 6.45) is 2.41. The van der Waals surface area contributed by atoms with Crippen molar-refractivity contribution in [2.75, 3.05) is 7.05 Å². The standard InChI is InChI=1S/C17H20N4O2/c1-11-7-13(20-23-11)10-21(2)17(22)15(18)8-12-9-19-16-6-4-3-5-14(12)16/h3-7,9,15,19H,8,10,18H2,1-2H3/t15-/m0/s1. The molecular weight excluding hydrogens is 292 g/mol. The first-order chi connectivity index (χ1) is 11.0. The molecule has 0 saturated heterocycles. The van der Waals surface area contributed by atoms with Crippen molar-refractivity contribution < 1.29 is 9.32 Å². The second-order valence-electron chi connectivity index (χ2n) is 5.79. The largest absolute Gasteiger partial charge is 0.361 e. The van der Waals surface area contributed by atoms with Crippen molar-refractivity contribution in [3.63, 3.8) is 0 Å². The molecular formula is C17H20N4O2. The van der Waals surface area contributed by atoms with Gasteiger partial charge in [-0.15, -0.1) is 0 Å². The number of aryl methyl sites for hydroxylation is 1. The monoisotopic (exact) mass is 312 g/mol. The number of H-pyrrole nitrogens is 1. The fourth-order valence-electron chi connectivity index (χ4n) is 2.72. The summed E-state index contributed by atoms with van der Waals surface area (Å²) >= 11 is 0. The molecule has 6 heteroatoms. The van der Waals surface area contributed by atoms with Gasteiger partial charge in [-0.05, 0) is 25.0 Å². The quantitative estimate of drug-likeness (QED) is 0.754. The van der Waals surface area contributed by atoms with E-state index in [4.69, 9.17) is 10.3 Å². The number of likely N-dealkylation sites (N-methyl/N-ethyl adjacent to an activating group) is 1. The zero-order valence-electron chi connectivity index (χ0n) is 13.2. The Morgan fingerprint density at radius 1 is 1.43 bits per heavy atom. The summed E-state index contributed by atoms with van der Waals surface area (Å²) in [4.78, 5) is 17.2. The number of hydrogen-bond acceptors (Lipinski definition) is 4. The van der Waals surface area contributed by atoms with Gasteiger partial charge in [-0.25, -0.2) is 0 Å². The van der Waals surface area contributed by atoms with Crippen molar-refractivity contribution >= 4 is 16.8 Å². The van der Waals surface area contributed by atoms with Crippen molar-refractivity contribution in [3.05, 3.63) is 53.5 Å². The van der Waals surface area contributed by atoms with Crippen molar-refractivity contribution in [1.82, 2.24) is 15.0 Å². The molecule has 0 fully saturated rings. The Balaban J connectivity index is 1.67. The minimum atomic E-state index is -0.591. The highest BCUT2D eigenvalue weighted by Gasteiger charge is 2.20. The summed E-state index contributed by atoms with van der Waals surface area (Å²) in [5.41, 5.74) is 8.93. The molecule has 0 aliphatic heterocycles. The number of nitrogens with zero attached hydrogens (tertiary/aromatic N) is 2. The topological polar surface area (TPSA) is 88.1 Å². The maximum absolute atomic E-state index is 12.4. The summed E-state index contributed by atoms with van der Waals surface area (Å²) in [5, 5.41) is 5.00. The van der Waals surface area contributed by atoms with Gasteiger partial charge in [-0.3, -0.25) is 4.79 Å². The zero-order chi connectivity index (χ0) is 16.4. The van der Waals surface area contributed by atoms with Gasteiger partial charge in [0.25, 0.3) is 0 Å². The predicted molar refractivity (Wildman–Crippen MR) is 87.7 cm³/mol. The van der Waals surface area contributed by atoms with Crippen molar-refractivity contribution in [3.8, 4) is 0 Å². The highest BCUT2D eigenvalue weighted by Crippen LogP contribution is 2.19. The van der Waals surface area contributed by atoms with Crippen LogP contribution in [0.2, 0.25) is 0 Å². The number of nitrogens with two attached hydrogens (primary N) is 1. The minimum Gasteiger partial charge on any atom is -0.361 e. The van der Waals surface area contributed by atoms with Crippen LogP contribution in [0.4, 0.5) is 0 Å². The first-order valence-electron chi connectivity index (χ1n) is 7.52. The number of carbonyl (C=O) groups is 1. The molecule has 120 valence electrons. The van der Waals surface area contributed by atoms with E-state index in [9.17, 15) is 4.79 Å². The van der Waals surface area contributed by atoms with Crippen molar-refractivity contribution in [2.45, 2.75) is 25.9 Å². The number of rotatable bonds is 5. The number of para-hydroxylation sites is 1. The van der Waals surface area contributed by atoms with Crippen LogP contribution in [0.5, 0.6) is 0 Å². The second-order valence-corrected chi connectivity index (χ2v) is 5.79. The zero-order valence-corrected chi connectivity index (χ0v) is 13.2. The fraction of sp³-hybridized carbons (Fsp3) is 0.294. The molecule has 1 amide bonds. The third-order valence-corrected chi connectivity index (χ3v) is 3.88. The van der Waals surface area contributed by atoms with Crippen LogP contribution in [0, 0.1) is 6.92 Å². The Hall–Kier alpha value is -2.60. The lowest BCUT2D eigenvalue weighted by atomic mass is 10.0. The Morgan fingerprint density at radius 2 is 2.22 bits per heavy atom. The van der Waals surface area contributed by atoms with E-state index in [-0.39, 0.29) is 5.91 Å². The van der Waals surface area contributed by atoms with Gasteiger partial charge in [-0.2, -0.15) is 0 Å². The number of fused-ring (bicyclic) bond motifs is 1. The van der Waals surface area contributed by atoms with E-state index in [1.165, 1.54) is 0 Å². The third kappa shape index (κ3) is 3.27. The van der Waals surface area contributed by atoms with Gasteiger partial charge in [0.2, 0.25) is 5.91 Å². The van der Waals surface area contributed by atoms with E-state index in [0.29, 0.717) is 13.0 Å². The van der Waals surface area contributed by atoms with Crippen LogP contribution in [-0.4, -0.2) is 34.0 Å². The van der Waals surface area contributed by atoms with Crippen LogP contribution in [0.3, 0.4) is 0 Å². The summed E-state index contributed by atoms with van der Waals surface area (Å²) in [6, 6.07) is 9.21. The van der Waals surface area contributed by atoms with Gasteiger partial charge >= 0.3 is 0 Å². The average molecular weight is 312 g/mol. The predicted octanol–water partition coefficient (Wildman–Crippen LogP) is 1.99. The molecule has 0 saturated carbocycles. The summed E-state index contributed by atoms with van der Waals surface area (Å²) in [7, 11) is 1.72. The molecule has 23 heavy (non-hydrogen) atoms. The van der Waals surface area contributed by atoms with Crippen LogP contribution in [0.25, 0.3) is 10.9 Å². The van der Waals surface area contributed by atoms with E-state index in [1.54, 1.807) is 11.9 Å². The molecule has 3 N–H and O–H groups in total. The highest BCUT2D eigenvalue weighted by atomic mass is 16.5. The van der Waals surface area contributed by atoms with Crippen LogP contribution in [-0.2, 0) is 17.8 Å². The molecule has 0 aliphatic rings. The number of hydrogen-bond donors (Lipinski definition) is 2. The number of benzene rings is 1. The normalized spacial score (nSPS) is 12.5. The van der Waals surface area contributed by atoms with Gasteiger partial charge in [0.15, 0.2) is 0 Å². The first-order valence-corrected chi connectivity index (χ1v) is 7.52. The van der Waals surface area contributed by atoms with Gasteiger partial charge < -0.3 is 20.1 Å². The summed E-state index contributed by atoms with van der Waals surface area (Å²) in [6.45, 7) is 2.21. The first kappa shape index (κ1) is 15.3. The molecule has 6 nitrogen and oxygen atoms in total. The molecule has 0 aliphatic carbocycles. The number of aromatic amines is 1. The number of aromatic nitrogens is 2. The number of nitrogens with one attached hydrogen (secondary N) is 1. The Morgan fingerprint density at radius 3 is 2.96 bits per heavy atom. The molecule has 0 spiro atoms. The lowest BCUT2D eigenvalue weighted by Crippen LogP contribution is -2.42. The van der Waals surface area contributed by atoms with Crippen LogP contribution < -0.4 is 5.73 Å². The highest BCUT2D eigenvalue weighted by molar-refractivity contribution is 5.86. The van der Waals surface area contributed by atoms with Gasteiger partial charge in [-0.1, -0.05) is 23.4 Å². The van der Waals surface area contributed by atoms with Gasteiger partial charge in [0.1, 0.15) is 11.5 Å². The van der Waals surface area contributed by atoms with E-state index in [2.05, 4.69) is 10.1 Å². The van der Waals surface area contributed by atoms with E-state index in [1.807, 2.05) is 43.5 Å². The van der Waals surface area contributed by atoms with Crippen molar-refractivity contribution in [1.29, 1.82) is 0 Å². The lowest BCUT2D eigenvalue weighted by Gasteiger charge is -2.20. The third-order valence-electron chi connectivity index (χ3n) is 3.88. The molecule has 2 heterocycles. The minimum absolute atomic E-state index is 0.115. The molecule has 2 aromatic heterocycles. The Labute approximate surface area is 134 Å². The lowest BCUT2D eigenvalue weighted by molar-refractivity contribution is -0.131. The molecule has 0 bridgehead atoms. The van der Waals surface area contributed by atoms with E-state index < -0.39 is 6.04 Å². The Bertz CT molecular complexity index is 821. The number of amides is 1. The molecule has 1 atom stereocenters. The molecule has 0 radical (unpaired) electrons. The fourth-order valence-corrected chi connectivity index (χ4v) is 2.72. The summed E-state index contributed by atoms with van der Waals surface area (Å²) in [5.74, 6) is 0.611. The average Bonchev–Trinajstić information content (AvgIpc) is 3.13. The van der Waals surface area contributed by atoms with Crippen LogP contribution >= 0.6 is 0 Å². The SMILES string of the molecule is Cc1cc(CN(C)C(=O)[C@@H](N)Cc2c[nH]c3ccccc23)no1. The smallest absolute Gasteiger partial charge is 0.239 e. The maximum atomic E-state index is 12.4. The van der Waals surface area contributed by atoms with Crippen LogP contribution in [0.1, 0.15) is 17.0 Å². The van der Waals surface area contributed by atoms with Gasteiger partial charge in [0.05, 0.1) is 12.6 Å². The van der Waals surface area contributed by atoms with Crippen molar-refractivity contribution in [2.24, 2.45) is 5.73 Å². The molecule has 3 rings (SSSR count). The van der Waals surface area contributed by atoms with Gasteiger partial charge in [0, 0.05) is 30.2 Å². The summed E-state index contributed by atoms with van der Waals surface area (Å²) < 4.78 is 5.02. The Kier molecular flexibility index (Phi) is 4.16. The van der Waals surface area contributed by atoms with E-state index >= 15 is 0 Å². The van der Waals surface area contributed by atoms with E-state index in [0.717, 1.165) is 27.9 Å². The molecule has 0 unspecified atom stereocenters.